The lowest BCUT2D eigenvalue weighted by Gasteiger charge is -2.11. The van der Waals surface area contributed by atoms with Crippen LogP contribution in [0.5, 0.6) is 5.75 Å². The molecule has 2 N–H and O–H groups in total. The van der Waals surface area contributed by atoms with Gasteiger partial charge in [0.05, 0.1) is 18.6 Å². The minimum Gasteiger partial charge on any atom is -0.497 e. The van der Waals surface area contributed by atoms with Crippen molar-refractivity contribution in [1.29, 1.82) is 0 Å². The Bertz CT molecular complexity index is 1030. The molecule has 2 amide bonds. The molecule has 0 spiro atoms. The molecule has 0 fully saturated rings. The van der Waals surface area contributed by atoms with E-state index in [1.807, 2.05) is 41.8 Å². The van der Waals surface area contributed by atoms with Crippen LogP contribution in [0.1, 0.15) is 12.7 Å². The molecule has 0 atom stereocenters. The molecular weight excluding hydrogens is 390 g/mol. The summed E-state index contributed by atoms with van der Waals surface area (Å²) < 4.78 is 7.00. The number of nitrogens with zero attached hydrogens (tertiary/aromatic N) is 3. The minimum absolute atomic E-state index is 0.147. The maximum atomic E-state index is 12.3. The van der Waals surface area contributed by atoms with Crippen LogP contribution in [0.4, 0.5) is 11.4 Å². The van der Waals surface area contributed by atoms with Gasteiger partial charge in [-0.1, -0.05) is 23.9 Å². The first-order valence-electron chi connectivity index (χ1n) is 8.83. The zero-order valence-electron chi connectivity index (χ0n) is 16.3. The summed E-state index contributed by atoms with van der Waals surface area (Å²) in [4.78, 5) is 23.7. The van der Waals surface area contributed by atoms with Crippen molar-refractivity contribution >= 4 is 35.0 Å². The first-order chi connectivity index (χ1) is 14.0. The highest BCUT2D eigenvalue weighted by Crippen LogP contribution is 2.24. The van der Waals surface area contributed by atoms with Gasteiger partial charge in [0.1, 0.15) is 11.6 Å². The Balaban J connectivity index is 1.71. The predicted octanol–water partition coefficient (Wildman–Crippen LogP) is 3.27. The van der Waals surface area contributed by atoms with Crippen LogP contribution < -0.4 is 15.4 Å². The first-order valence-corrected chi connectivity index (χ1v) is 9.81. The lowest BCUT2D eigenvalue weighted by atomic mass is 10.2. The SMILES string of the molecule is COc1cccc(NC(=O)CSc2nnc(C)n2-c2cccc(NC(C)=O)c2)c1. The highest BCUT2D eigenvalue weighted by Gasteiger charge is 2.14. The summed E-state index contributed by atoms with van der Waals surface area (Å²) in [5.41, 5.74) is 2.14. The molecule has 0 aliphatic heterocycles. The molecule has 2 aromatic carbocycles. The molecule has 0 radical (unpaired) electrons. The van der Waals surface area contributed by atoms with Crippen molar-refractivity contribution in [1.82, 2.24) is 14.8 Å². The monoisotopic (exact) mass is 411 g/mol. The summed E-state index contributed by atoms with van der Waals surface area (Å²) in [6.07, 6.45) is 0. The summed E-state index contributed by atoms with van der Waals surface area (Å²) in [6.45, 7) is 3.29. The Kier molecular flexibility index (Phi) is 6.50. The predicted molar refractivity (Wildman–Crippen MR) is 113 cm³/mol. The fourth-order valence-corrected chi connectivity index (χ4v) is 3.49. The van der Waals surface area contributed by atoms with E-state index in [1.165, 1.54) is 18.7 Å². The highest BCUT2D eigenvalue weighted by atomic mass is 32.2. The molecule has 0 bridgehead atoms. The second-order valence-corrected chi connectivity index (χ2v) is 7.11. The number of carbonyl (C=O) groups is 2. The standard InChI is InChI=1S/C20H21N5O3S/c1-13-23-24-20(25(13)17-8-4-6-15(10-17)21-14(2)26)29-12-19(27)22-16-7-5-9-18(11-16)28-3/h4-11H,12H2,1-3H3,(H,21,26)(H,22,27). The molecule has 29 heavy (non-hydrogen) atoms. The molecule has 0 unspecified atom stereocenters. The number of amides is 2. The van der Waals surface area contributed by atoms with Gasteiger partial charge < -0.3 is 15.4 Å². The molecule has 0 saturated carbocycles. The summed E-state index contributed by atoms with van der Waals surface area (Å²) in [7, 11) is 1.58. The smallest absolute Gasteiger partial charge is 0.234 e. The molecule has 8 nitrogen and oxygen atoms in total. The van der Waals surface area contributed by atoms with Crippen molar-refractivity contribution in [3.05, 3.63) is 54.4 Å². The van der Waals surface area contributed by atoms with E-state index in [9.17, 15) is 9.59 Å². The van der Waals surface area contributed by atoms with Crippen LogP contribution in [0.25, 0.3) is 5.69 Å². The third-order valence-corrected chi connectivity index (χ3v) is 4.83. The number of hydrogen-bond donors (Lipinski definition) is 2. The van der Waals surface area contributed by atoms with Crippen LogP contribution in [0.15, 0.2) is 53.7 Å². The van der Waals surface area contributed by atoms with Gasteiger partial charge in [0.25, 0.3) is 0 Å². The topological polar surface area (TPSA) is 98.1 Å². The van der Waals surface area contributed by atoms with Crippen LogP contribution in [-0.2, 0) is 9.59 Å². The fraction of sp³-hybridized carbons (Fsp3) is 0.200. The largest absolute Gasteiger partial charge is 0.497 e. The van der Waals surface area contributed by atoms with E-state index in [-0.39, 0.29) is 17.6 Å². The molecule has 0 aliphatic carbocycles. The molecule has 9 heteroatoms. The van der Waals surface area contributed by atoms with Gasteiger partial charge in [0.15, 0.2) is 5.16 Å². The molecule has 150 valence electrons. The third-order valence-electron chi connectivity index (χ3n) is 3.91. The maximum Gasteiger partial charge on any atom is 0.234 e. The van der Waals surface area contributed by atoms with Crippen molar-refractivity contribution < 1.29 is 14.3 Å². The Morgan fingerprint density at radius 1 is 1.07 bits per heavy atom. The van der Waals surface area contributed by atoms with Crippen molar-refractivity contribution in [3.63, 3.8) is 0 Å². The van der Waals surface area contributed by atoms with Crippen LogP contribution >= 0.6 is 11.8 Å². The van der Waals surface area contributed by atoms with E-state index in [4.69, 9.17) is 4.74 Å². The quantitative estimate of drug-likeness (QED) is 0.579. The van der Waals surface area contributed by atoms with E-state index in [1.54, 1.807) is 25.3 Å². The molecule has 3 aromatic rings. The number of anilines is 2. The van der Waals surface area contributed by atoms with Crippen molar-refractivity contribution in [2.24, 2.45) is 0 Å². The van der Waals surface area contributed by atoms with Crippen LogP contribution in [0.2, 0.25) is 0 Å². The molecular formula is C20H21N5O3S. The second kappa shape index (κ2) is 9.24. The zero-order valence-corrected chi connectivity index (χ0v) is 17.1. The first kappa shape index (κ1) is 20.4. The lowest BCUT2D eigenvalue weighted by molar-refractivity contribution is -0.114. The van der Waals surface area contributed by atoms with Gasteiger partial charge >= 0.3 is 0 Å². The van der Waals surface area contributed by atoms with Gasteiger partial charge in [-0.05, 0) is 37.3 Å². The van der Waals surface area contributed by atoms with E-state index in [2.05, 4.69) is 20.8 Å². The lowest BCUT2D eigenvalue weighted by Crippen LogP contribution is -2.14. The normalized spacial score (nSPS) is 10.4. The van der Waals surface area contributed by atoms with E-state index in [0.717, 1.165) is 5.69 Å². The highest BCUT2D eigenvalue weighted by molar-refractivity contribution is 7.99. The van der Waals surface area contributed by atoms with Gasteiger partial charge in [-0.25, -0.2) is 0 Å². The Hall–Kier alpha value is -3.33. The van der Waals surface area contributed by atoms with Crippen LogP contribution in [-0.4, -0.2) is 39.4 Å². The van der Waals surface area contributed by atoms with E-state index >= 15 is 0 Å². The summed E-state index contributed by atoms with van der Waals surface area (Å²) in [5, 5.41) is 14.5. The number of methoxy groups -OCH3 is 1. The van der Waals surface area contributed by atoms with E-state index in [0.29, 0.717) is 28.1 Å². The average Bonchev–Trinajstić information content (AvgIpc) is 3.06. The number of ether oxygens (including phenoxy) is 1. The molecule has 1 aromatic heterocycles. The Morgan fingerprint density at radius 2 is 1.79 bits per heavy atom. The number of aryl methyl sites for hydroxylation is 1. The summed E-state index contributed by atoms with van der Waals surface area (Å²) in [5.74, 6) is 1.21. The zero-order chi connectivity index (χ0) is 20.8. The van der Waals surface area contributed by atoms with Crippen molar-refractivity contribution in [3.8, 4) is 11.4 Å². The Morgan fingerprint density at radius 3 is 2.52 bits per heavy atom. The Labute approximate surface area is 172 Å². The summed E-state index contributed by atoms with van der Waals surface area (Å²) >= 11 is 1.28. The van der Waals surface area contributed by atoms with E-state index < -0.39 is 0 Å². The van der Waals surface area contributed by atoms with Gasteiger partial charge in [-0.15, -0.1) is 10.2 Å². The second-order valence-electron chi connectivity index (χ2n) is 6.17. The van der Waals surface area contributed by atoms with Gasteiger partial charge in [0, 0.05) is 24.4 Å². The molecule has 3 rings (SSSR count). The molecule has 1 heterocycles. The minimum atomic E-state index is -0.164. The molecule has 0 aliphatic rings. The van der Waals surface area contributed by atoms with Gasteiger partial charge in [-0.3, -0.25) is 14.2 Å². The summed E-state index contributed by atoms with van der Waals surface area (Å²) in [6, 6.07) is 14.5. The average molecular weight is 411 g/mol. The number of thioether (sulfide) groups is 1. The number of rotatable bonds is 7. The fourth-order valence-electron chi connectivity index (χ4n) is 2.69. The van der Waals surface area contributed by atoms with Crippen LogP contribution in [0.3, 0.4) is 0 Å². The number of hydrogen-bond acceptors (Lipinski definition) is 6. The maximum absolute atomic E-state index is 12.3. The number of carbonyl (C=O) groups excluding carboxylic acids is 2. The van der Waals surface area contributed by atoms with Crippen molar-refractivity contribution in [2.45, 2.75) is 19.0 Å². The van der Waals surface area contributed by atoms with Gasteiger partial charge in [0.2, 0.25) is 11.8 Å². The van der Waals surface area contributed by atoms with Gasteiger partial charge in [-0.2, -0.15) is 0 Å². The molecule has 0 saturated heterocycles. The van der Waals surface area contributed by atoms with Crippen molar-refractivity contribution in [2.75, 3.05) is 23.5 Å². The number of benzene rings is 2. The number of nitrogens with one attached hydrogen (secondary N) is 2. The number of aromatic nitrogens is 3. The van der Waals surface area contributed by atoms with Crippen LogP contribution in [0, 0.1) is 6.92 Å². The third kappa shape index (κ3) is 5.35.